The molecule has 1 aromatic heterocycles. The highest BCUT2D eigenvalue weighted by Gasteiger charge is 2.33. The molecule has 0 radical (unpaired) electrons. The van der Waals surface area contributed by atoms with Crippen LogP contribution in [0.25, 0.3) is 0 Å². The molecule has 0 amide bonds. The summed E-state index contributed by atoms with van der Waals surface area (Å²) in [7, 11) is 1.72. The molecule has 0 spiro atoms. The molecule has 0 aliphatic carbocycles. The summed E-state index contributed by atoms with van der Waals surface area (Å²) >= 11 is 0. The van der Waals surface area contributed by atoms with E-state index in [4.69, 9.17) is 5.73 Å². The first-order valence-corrected chi connectivity index (χ1v) is 5.46. The van der Waals surface area contributed by atoms with Crippen LogP contribution in [0.15, 0.2) is 36.7 Å². The molecule has 4 nitrogen and oxygen atoms in total. The topological polar surface area (TPSA) is 53.1 Å². The number of rotatable bonds is 3. The van der Waals surface area contributed by atoms with Crippen LogP contribution in [0.5, 0.6) is 5.75 Å². The lowest BCUT2D eigenvalue weighted by Crippen LogP contribution is -2.22. The van der Waals surface area contributed by atoms with Crippen LogP contribution in [0, 0.1) is 0 Å². The van der Waals surface area contributed by atoms with Gasteiger partial charge in [0.05, 0.1) is 6.04 Å². The lowest BCUT2D eigenvalue weighted by atomic mass is 10.1. The van der Waals surface area contributed by atoms with Crippen molar-refractivity contribution >= 4 is 0 Å². The zero-order valence-electron chi connectivity index (χ0n) is 10.1. The van der Waals surface area contributed by atoms with Crippen LogP contribution in [-0.4, -0.2) is 15.9 Å². The zero-order valence-corrected chi connectivity index (χ0v) is 10.1. The summed E-state index contributed by atoms with van der Waals surface area (Å²) in [5.41, 5.74) is 6.18. The molecular formula is C12H12F3N3O. The molecule has 1 aromatic carbocycles. The first-order valence-electron chi connectivity index (χ1n) is 5.46. The van der Waals surface area contributed by atoms with Crippen LogP contribution < -0.4 is 10.5 Å². The molecule has 0 fully saturated rings. The quantitative estimate of drug-likeness (QED) is 0.932. The van der Waals surface area contributed by atoms with Crippen LogP contribution in [0.4, 0.5) is 13.2 Å². The Balaban J connectivity index is 2.37. The lowest BCUT2D eigenvalue weighted by Gasteiger charge is -2.17. The van der Waals surface area contributed by atoms with Gasteiger partial charge in [0, 0.05) is 25.0 Å². The summed E-state index contributed by atoms with van der Waals surface area (Å²) < 4.78 is 42.6. The van der Waals surface area contributed by atoms with E-state index >= 15 is 0 Å². The third kappa shape index (κ3) is 3.05. The highest BCUT2D eigenvalue weighted by atomic mass is 19.4. The second-order valence-corrected chi connectivity index (χ2v) is 3.96. The molecule has 0 saturated carbocycles. The minimum atomic E-state index is -4.75. The highest BCUT2D eigenvalue weighted by molar-refractivity contribution is 5.38. The normalized spacial score (nSPS) is 13.3. The first kappa shape index (κ1) is 13.4. The number of alkyl halides is 3. The van der Waals surface area contributed by atoms with E-state index in [0.717, 1.165) is 0 Å². The van der Waals surface area contributed by atoms with Gasteiger partial charge in [0.2, 0.25) is 0 Å². The van der Waals surface area contributed by atoms with Gasteiger partial charge in [-0.1, -0.05) is 18.2 Å². The highest BCUT2D eigenvalue weighted by Crippen LogP contribution is 2.31. The molecule has 2 aromatic rings. The second-order valence-electron chi connectivity index (χ2n) is 3.96. The molecule has 1 unspecified atom stereocenters. The van der Waals surface area contributed by atoms with Crippen molar-refractivity contribution in [1.82, 2.24) is 9.55 Å². The van der Waals surface area contributed by atoms with Gasteiger partial charge in [-0.15, -0.1) is 13.2 Å². The second kappa shape index (κ2) is 4.93. The molecule has 0 aliphatic heterocycles. The summed E-state index contributed by atoms with van der Waals surface area (Å²) in [6.07, 6.45) is -1.55. The zero-order chi connectivity index (χ0) is 14.0. The van der Waals surface area contributed by atoms with Crippen molar-refractivity contribution in [3.8, 4) is 5.75 Å². The van der Waals surface area contributed by atoms with Crippen LogP contribution >= 0.6 is 0 Å². The number of aryl methyl sites for hydroxylation is 1. The minimum absolute atomic E-state index is 0.231. The molecule has 0 bridgehead atoms. The number of nitrogens with zero attached hydrogens (tertiary/aromatic N) is 2. The van der Waals surface area contributed by atoms with Crippen molar-refractivity contribution in [2.75, 3.05) is 0 Å². The summed E-state index contributed by atoms with van der Waals surface area (Å²) in [5, 5.41) is 0. The largest absolute Gasteiger partial charge is 0.573 e. The van der Waals surface area contributed by atoms with E-state index in [0.29, 0.717) is 5.82 Å². The average molecular weight is 271 g/mol. The van der Waals surface area contributed by atoms with Gasteiger partial charge in [0.15, 0.2) is 0 Å². The molecule has 102 valence electrons. The summed E-state index contributed by atoms with van der Waals surface area (Å²) in [6.45, 7) is 0. The molecule has 2 N–H and O–H groups in total. The van der Waals surface area contributed by atoms with Crippen molar-refractivity contribution in [3.63, 3.8) is 0 Å². The monoisotopic (exact) mass is 271 g/mol. The van der Waals surface area contributed by atoms with E-state index in [-0.39, 0.29) is 11.3 Å². The maximum atomic E-state index is 12.3. The van der Waals surface area contributed by atoms with E-state index in [1.807, 2.05) is 0 Å². The smallest absolute Gasteiger partial charge is 0.405 e. The predicted octanol–water partition coefficient (Wildman–Crippen LogP) is 2.37. The Morgan fingerprint density at radius 2 is 2.00 bits per heavy atom. The number of ether oxygens (including phenoxy) is 1. The lowest BCUT2D eigenvalue weighted by molar-refractivity contribution is -0.274. The minimum Gasteiger partial charge on any atom is -0.405 e. The number of nitrogens with two attached hydrogens (primary N) is 1. The fraction of sp³-hybridized carbons (Fsp3) is 0.250. The number of halogens is 3. The Kier molecular flexibility index (Phi) is 3.48. The van der Waals surface area contributed by atoms with Crippen LogP contribution in [0.3, 0.4) is 0 Å². The molecule has 0 aliphatic rings. The van der Waals surface area contributed by atoms with Crippen molar-refractivity contribution < 1.29 is 17.9 Å². The standard InChI is InChI=1S/C12H12F3N3O/c1-18-7-6-17-11(18)10(16)8-4-2-3-5-9(8)19-12(13,14)15/h2-7,10H,16H2,1H3. The molecule has 1 atom stereocenters. The number of para-hydroxylation sites is 1. The molecule has 7 heteroatoms. The summed E-state index contributed by atoms with van der Waals surface area (Å²) in [6, 6.07) is 4.97. The third-order valence-electron chi connectivity index (χ3n) is 2.62. The Bertz CT molecular complexity index is 565. The Morgan fingerprint density at radius 3 is 2.58 bits per heavy atom. The van der Waals surface area contributed by atoms with Gasteiger partial charge in [0.1, 0.15) is 11.6 Å². The summed E-state index contributed by atoms with van der Waals surface area (Å²) in [5.74, 6) is 0.142. The molecule has 1 heterocycles. The first-order chi connectivity index (χ1) is 8.88. The van der Waals surface area contributed by atoms with E-state index in [9.17, 15) is 13.2 Å². The third-order valence-corrected chi connectivity index (χ3v) is 2.62. The number of hydrogen-bond donors (Lipinski definition) is 1. The Labute approximate surface area is 107 Å². The van der Waals surface area contributed by atoms with Gasteiger partial charge >= 0.3 is 6.36 Å². The molecule has 0 saturated heterocycles. The van der Waals surface area contributed by atoms with Gasteiger partial charge in [-0.2, -0.15) is 0 Å². The van der Waals surface area contributed by atoms with Gasteiger partial charge in [-0.3, -0.25) is 0 Å². The SMILES string of the molecule is Cn1ccnc1C(N)c1ccccc1OC(F)(F)F. The van der Waals surface area contributed by atoms with Gasteiger partial charge in [-0.25, -0.2) is 4.98 Å². The van der Waals surface area contributed by atoms with Crippen molar-refractivity contribution in [2.24, 2.45) is 12.8 Å². The van der Waals surface area contributed by atoms with E-state index in [2.05, 4.69) is 9.72 Å². The number of benzene rings is 1. The molecular weight excluding hydrogens is 259 g/mol. The van der Waals surface area contributed by atoms with Crippen molar-refractivity contribution in [2.45, 2.75) is 12.4 Å². The van der Waals surface area contributed by atoms with Crippen molar-refractivity contribution in [3.05, 3.63) is 48.0 Å². The van der Waals surface area contributed by atoms with Gasteiger partial charge in [0.25, 0.3) is 0 Å². The number of imidazole rings is 1. The Morgan fingerprint density at radius 1 is 1.32 bits per heavy atom. The van der Waals surface area contributed by atoms with E-state index in [1.54, 1.807) is 23.9 Å². The fourth-order valence-corrected chi connectivity index (χ4v) is 1.77. The van der Waals surface area contributed by atoms with E-state index < -0.39 is 12.4 Å². The maximum absolute atomic E-state index is 12.3. The molecule has 2 rings (SSSR count). The van der Waals surface area contributed by atoms with Crippen LogP contribution in [0.1, 0.15) is 17.4 Å². The van der Waals surface area contributed by atoms with Gasteiger partial charge < -0.3 is 15.0 Å². The predicted molar refractivity (Wildman–Crippen MR) is 62.4 cm³/mol. The number of hydrogen-bond acceptors (Lipinski definition) is 3. The van der Waals surface area contributed by atoms with Crippen LogP contribution in [-0.2, 0) is 7.05 Å². The van der Waals surface area contributed by atoms with Crippen molar-refractivity contribution in [1.29, 1.82) is 0 Å². The fourth-order valence-electron chi connectivity index (χ4n) is 1.77. The molecule has 19 heavy (non-hydrogen) atoms. The maximum Gasteiger partial charge on any atom is 0.573 e. The van der Waals surface area contributed by atoms with Gasteiger partial charge in [-0.05, 0) is 6.07 Å². The average Bonchev–Trinajstić information content (AvgIpc) is 2.73. The number of aromatic nitrogens is 2. The summed E-state index contributed by atoms with van der Waals surface area (Å²) in [4.78, 5) is 4.03. The van der Waals surface area contributed by atoms with E-state index in [1.165, 1.54) is 24.4 Å². The Hall–Kier alpha value is -2.02. The van der Waals surface area contributed by atoms with Crippen LogP contribution in [0.2, 0.25) is 0 Å².